The lowest BCUT2D eigenvalue weighted by Crippen LogP contribution is -2.74. The fourth-order valence-corrected chi connectivity index (χ4v) is 12.3. The van der Waals surface area contributed by atoms with Gasteiger partial charge in [0, 0.05) is 37.0 Å². The minimum Gasteiger partial charge on any atom is -0.316 e. The van der Waals surface area contributed by atoms with Gasteiger partial charge in [0.1, 0.15) is 0 Å². The molecule has 0 bridgehead atoms. The van der Waals surface area contributed by atoms with Gasteiger partial charge >= 0.3 is 0 Å². The van der Waals surface area contributed by atoms with Crippen molar-refractivity contribution in [2.45, 2.75) is 248 Å². The molecule has 1 heteroatoms. The maximum absolute atomic E-state index is 2.64. The highest BCUT2D eigenvalue weighted by Gasteiger charge is 2.59. The summed E-state index contributed by atoms with van der Waals surface area (Å²) in [6.07, 6.45) is 37.0. The molecular weight excluding hydrogens is 591 g/mol. The third-order valence-electron chi connectivity index (χ3n) is 15.2. The van der Waals surface area contributed by atoms with Crippen LogP contribution in [0.1, 0.15) is 230 Å². The number of unbranched alkanes of at least 4 members (excludes halogenated alkanes) is 15. The van der Waals surface area contributed by atoms with Crippen molar-refractivity contribution in [1.82, 2.24) is 0 Å². The third-order valence-corrected chi connectivity index (χ3v) is 15.2. The van der Waals surface area contributed by atoms with E-state index in [9.17, 15) is 0 Å². The minimum absolute atomic E-state index is 0.817. The number of rotatable bonds is 23. The van der Waals surface area contributed by atoms with Crippen LogP contribution in [0.2, 0.25) is 0 Å². The first-order chi connectivity index (χ1) is 23.5. The summed E-state index contributed by atoms with van der Waals surface area (Å²) in [5, 5.41) is 0. The van der Waals surface area contributed by atoms with Crippen molar-refractivity contribution >= 4 is 0 Å². The van der Waals surface area contributed by atoms with Crippen molar-refractivity contribution in [2.24, 2.45) is 53.3 Å². The molecule has 3 aliphatic rings. The molecule has 0 amide bonds. The maximum Gasteiger partial charge on any atom is 0.0928 e. The lowest BCUT2D eigenvalue weighted by Gasteiger charge is -2.64. The Hall–Kier alpha value is -0.0400. The number of hydrogen-bond acceptors (Lipinski definition) is 0. The molecule has 0 heterocycles. The second-order valence-corrected chi connectivity index (χ2v) is 20.2. The Bertz CT molecular complexity index is 748. The molecule has 3 fully saturated rings. The zero-order valence-electron chi connectivity index (χ0n) is 35.8. The van der Waals surface area contributed by atoms with Crippen LogP contribution in [-0.2, 0) is 0 Å². The van der Waals surface area contributed by atoms with Crippen molar-refractivity contribution in [3.8, 4) is 0 Å². The van der Waals surface area contributed by atoms with Gasteiger partial charge in [0.15, 0.2) is 0 Å². The van der Waals surface area contributed by atoms with E-state index < -0.39 is 0 Å². The van der Waals surface area contributed by atoms with Gasteiger partial charge < -0.3 is 4.48 Å². The third kappa shape index (κ3) is 13.1. The SMILES string of the molecule is CCCCCCCCCCCCCCCCCC[N+](C1CC(C)CCC1C(C)C)(C1CC(C)CCC1C(C)C)C1CC(C)CCC1C(C)C. The zero-order valence-corrected chi connectivity index (χ0v) is 35.8. The van der Waals surface area contributed by atoms with E-state index in [4.69, 9.17) is 0 Å². The van der Waals surface area contributed by atoms with Crippen LogP contribution < -0.4 is 0 Å². The molecule has 0 saturated heterocycles. The molecule has 0 aliphatic heterocycles. The molecule has 0 aromatic carbocycles. The van der Waals surface area contributed by atoms with Gasteiger partial charge in [-0.3, -0.25) is 0 Å². The molecule has 3 rings (SSSR count). The van der Waals surface area contributed by atoms with Crippen molar-refractivity contribution in [3.05, 3.63) is 0 Å². The summed E-state index contributed by atoms with van der Waals surface area (Å²) in [5.74, 6) is 7.89. The Morgan fingerprint density at radius 3 is 0.918 bits per heavy atom. The Morgan fingerprint density at radius 2 is 0.653 bits per heavy atom. The summed E-state index contributed by atoms with van der Waals surface area (Å²) >= 11 is 0. The van der Waals surface area contributed by atoms with Gasteiger partial charge in [-0.25, -0.2) is 0 Å². The number of hydrogen-bond donors (Lipinski definition) is 0. The summed E-state index contributed by atoms with van der Waals surface area (Å²) in [6, 6.07) is 2.65. The van der Waals surface area contributed by atoms with Gasteiger partial charge in [-0.2, -0.15) is 0 Å². The molecule has 3 saturated carbocycles. The lowest BCUT2D eigenvalue weighted by molar-refractivity contribution is -1.01. The van der Waals surface area contributed by atoms with Crippen LogP contribution in [0.3, 0.4) is 0 Å². The van der Waals surface area contributed by atoms with Crippen LogP contribution in [0.4, 0.5) is 0 Å². The Kier molecular flexibility index (Phi) is 20.3. The topological polar surface area (TPSA) is 0 Å². The molecule has 290 valence electrons. The number of nitrogens with zero attached hydrogens (tertiary/aromatic N) is 1. The van der Waals surface area contributed by atoms with Crippen LogP contribution in [0.25, 0.3) is 0 Å². The van der Waals surface area contributed by atoms with Gasteiger partial charge in [-0.05, 0) is 86.9 Å². The van der Waals surface area contributed by atoms with E-state index in [1.54, 1.807) is 4.48 Å². The second-order valence-electron chi connectivity index (χ2n) is 20.2. The van der Waals surface area contributed by atoms with Crippen molar-refractivity contribution in [2.75, 3.05) is 6.54 Å². The largest absolute Gasteiger partial charge is 0.316 e. The minimum atomic E-state index is 0.817. The summed E-state index contributed by atoms with van der Waals surface area (Å²) in [5.41, 5.74) is 0. The van der Waals surface area contributed by atoms with Crippen LogP contribution >= 0.6 is 0 Å². The lowest BCUT2D eigenvalue weighted by atomic mass is 9.63. The molecule has 1 nitrogen and oxygen atoms in total. The van der Waals surface area contributed by atoms with E-state index in [-0.39, 0.29) is 0 Å². The summed E-state index contributed by atoms with van der Waals surface area (Å²) in [4.78, 5) is 0. The molecule has 0 aromatic rings. The van der Waals surface area contributed by atoms with Crippen LogP contribution in [0, 0.1) is 53.3 Å². The fourth-order valence-electron chi connectivity index (χ4n) is 12.3. The van der Waals surface area contributed by atoms with E-state index in [0.29, 0.717) is 0 Å². The van der Waals surface area contributed by atoms with Gasteiger partial charge in [0.2, 0.25) is 0 Å². The highest BCUT2D eigenvalue weighted by atomic mass is 15.4. The van der Waals surface area contributed by atoms with E-state index in [0.717, 1.165) is 71.4 Å². The predicted molar refractivity (Wildman–Crippen MR) is 220 cm³/mol. The van der Waals surface area contributed by atoms with Gasteiger partial charge in [0.25, 0.3) is 0 Å². The fraction of sp³-hybridized carbons (Fsp3) is 1.00. The summed E-state index contributed by atoms with van der Waals surface area (Å²) in [6.45, 7) is 27.4. The first-order valence-corrected chi connectivity index (χ1v) is 23.4. The average molecular weight is 685 g/mol. The van der Waals surface area contributed by atoms with Crippen LogP contribution in [0.15, 0.2) is 0 Å². The molecule has 3 aliphatic carbocycles. The second kappa shape index (κ2) is 22.9. The zero-order chi connectivity index (χ0) is 35.8. The molecule has 0 radical (unpaired) electrons. The Morgan fingerprint density at radius 1 is 0.388 bits per heavy atom. The Labute approximate surface area is 311 Å². The highest BCUT2D eigenvalue weighted by Crippen LogP contribution is 2.53. The van der Waals surface area contributed by atoms with Crippen molar-refractivity contribution < 1.29 is 4.48 Å². The first kappa shape index (κ1) is 43.4. The molecule has 9 atom stereocenters. The smallest absolute Gasteiger partial charge is 0.0928 e. The van der Waals surface area contributed by atoms with Gasteiger partial charge in [-0.15, -0.1) is 0 Å². The van der Waals surface area contributed by atoms with E-state index in [2.05, 4.69) is 69.2 Å². The maximum atomic E-state index is 2.64. The van der Waals surface area contributed by atoms with E-state index in [1.807, 2.05) is 0 Å². The molecular formula is C48H94N+. The molecule has 0 spiro atoms. The molecule has 9 unspecified atom stereocenters. The normalized spacial score (nSPS) is 32.6. The van der Waals surface area contributed by atoms with Crippen LogP contribution in [-0.4, -0.2) is 29.2 Å². The van der Waals surface area contributed by atoms with Crippen LogP contribution in [0.5, 0.6) is 0 Å². The molecule has 0 aromatic heterocycles. The average Bonchev–Trinajstić information content (AvgIpc) is 3.06. The predicted octanol–water partition coefficient (Wildman–Crippen LogP) is 15.4. The van der Waals surface area contributed by atoms with E-state index in [1.165, 1.54) is 167 Å². The summed E-state index contributed by atoms with van der Waals surface area (Å²) < 4.78 is 1.56. The monoisotopic (exact) mass is 685 g/mol. The summed E-state index contributed by atoms with van der Waals surface area (Å²) in [7, 11) is 0. The number of quaternary nitrogens is 1. The Balaban J connectivity index is 1.74. The first-order valence-electron chi connectivity index (χ1n) is 23.4. The van der Waals surface area contributed by atoms with Crippen molar-refractivity contribution in [3.63, 3.8) is 0 Å². The standard InChI is InChI=1S/C48H94N/c1-11-12-13-14-15-16-17-18-19-20-21-22-23-24-25-26-33-49(46-34-40(8)27-30-43(46)37(2)3,47-35-41(9)28-31-44(47)38(4)5)48-36-42(10)29-32-45(48)39(6)7/h37-48H,11-36H2,1-10H3/q+1. The van der Waals surface area contributed by atoms with Crippen molar-refractivity contribution in [1.29, 1.82) is 0 Å². The van der Waals surface area contributed by atoms with E-state index >= 15 is 0 Å². The highest BCUT2D eigenvalue weighted by molar-refractivity contribution is 4.94. The molecule has 49 heavy (non-hydrogen) atoms. The molecule has 0 N–H and O–H groups in total. The van der Waals surface area contributed by atoms with Gasteiger partial charge in [0.05, 0.1) is 24.7 Å². The quantitative estimate of drug-likeness (QED) is 0.0742. The van der Waals surface area contributed by atoms with Gasteiger partial charge in [-0.1, -0.05) is 159 Å².